The average Bonchev–Trinajstić information content (AvgIpc) is 3.46. The number of allylic oxidation sites excluding steroid dienone is 1. The summed E-state index contributed by atoms with van der Waals surface area (Å²) in [4.78, 5) is 11.6. The van der Waals surface area contributed by atoms with Crippen molar-refractivity contribution in [2.24, 2.45) is 4.99 Å². The maximum absolute atomic E-state index is 13.4. The van der Waals surface area contributed by atoms with Gasteiger partial charge in [-0.15, -0.1) is 0 Å². The summed E-state index contributed by atoms with van der Waals surface area (Å²) in [6.45, 7) is 2.28. The molecule has 2 aliphatic rings. The van der Waals surface area contributed by atoms with Gasteiger partial charge in [-0.25, -0.2) is 4.39 Å². The van der Waals surface area contributed by atoms with Crippen molar-refractivity contribution in [3.8, 4) is 0 Å². The van der Waals surface area contributed by atoms with E-state index in [1.165, 1.54) is 30.7 Å². The van der Waals surface area contributed by atoms with Gasteiger partial charge in [0, 0.05) is 43.2 Å². The predicted molar refractivity (Wildman–Crippen MR) is 116 cm³/mol. The Bertz CT molecular complexity index is 1060. The molecule has 0 amide bonds. The van der Waals surface area contributed by atoms with Crippen molar-refractivity contribution < 1.29 is 4.39 Å². The quantitative estimate of drug-likeness (QED) is 0.588. The molecule has 1 fully saturated rings. The smallest absolute Gasteiger partial charge is 0.123 e. The second-order valence-corrected chi connectivity index (χ2v) is 7.55. The molecular formula is C25H22FN3. The number of benzene rings is 2. The number of pyridine rings is 1. The highest BCUT2D eigenvalue weighted by atomic mass is 19.1. The van der Waals surface area contributed by atoms with E-state index < -0.39 is 0 Å². The van der Waals surface area contributed by atoms with Gasteiger partial charge in [0.2, 0.25) is 0 Å². The first-order chi connectivity index (χ1) is 14.3. The zero-order valence-corrected chi connectivity index (χ0v) is 16.2. The third kappa shape index (κ3) is 3.58. The van der Waals surface area contributed by atoms with E-state index in [-0.39, 0.29) is 5.82 Å². The molecule has 29 heavy (non-hydrogen) atoms. The number of hydrogen-bond donors (Lipinski definition) is 0. The van der Waals surface area contributed by atoms with Gasteiger partial charge in [0.25, 0.3) is 0 Å². The van der Waals surface area contributed by atoms with Crippen LogP contribution in [-0.2, 0) is 0 Å². The molecule has 0 spiro atoms. The van der Waals surface area contributed by atoms with Gasteiger partial charge in [0.05, 0.1) is 11.4 Å². The third-order valence-corrected chi connectivity index (χ3v) is 5.70. The normalized spacial score (nSPS) is 16.4. The van der Waals surface area contributed by atoms with Crippen molar-refractivity contribution >= 4 is 22.7 Å². The number of aliphatic imine (C=N–C) groups is 1. The van der Waals surface area contributed by atoms with Crippen molar-refractivity contribution in [1.82, 2.24) is 4.98 Å². The van der Waals surface area contributed by atoms with Gasteiger partial charge >= 0.3 is 0 Å². The van der Waals surface area contributed by atoms with Crippen LogP contribution >= 0.6 is 0 Å². The number of hydrogen-bond acceptors (Lipinski definition) is 3. The van der Waals surface area contributed by atoms with E-state index >= 15 is 0 Å². The highest BCUT2D eigenvalue weighted by Crippen LogP contribution is 2.37. The summed E-state index contributed by atoms with van der Waals surface area (Å²) in [6, 6.07) is 19.3. The molecule has 3 nitrogen and oxygen atoms in total. The molecule has 1 aromatic heterocycles. The lowest BCUT2D eigenvalue weighted by Crippen LogP contribution is -2.17. The van der Waals surface area contributed by atoms with Crippen LogP contribution in [0, 0.1) is 5.82 Å². The maximum Gasteiger partial charge on any atom is 0.123 e. The van der Waals surface area contributed by atoms with Gasteiger partial charge in [-0.3, -0.25) is 9.98 Å². The first-order valence-electron chi connectivity index (χ1n) is 10.1. The minimum Gasteiger partial charge on any atom is -0.372 e. The molecular weight excluding hydrogens is 361 g/mol. The van der Waals surface area contributed by atoms with Gasteiger partial charge in [-0.05, 0) is 78.1 Å². The van der Waals surface area contributed by atoms with Crippen LogP contribution in [0.3, 0.4) is 0 Å². The zero-order chi connectivity index (χ0) is 19.6. The predicted octanol–water partition coefficient (Wildman–Crippen LogP) is 5.58. The monoisotopic (exact) mass is 383 g/mol. The van der Waals surface area contributed by atoms with E-state index in [0.717, 1.165) is 53.2 Å². The van der Waals surface area contributed by atoms with Crippen molar-refractivity contribution in [3.63, 3.8) is 0 Å². The fourth-order valence-electron chi connectivity index (χ4n) is 4.14. The Morgan fingerprint density at radius 3 is 2.07 bits per heavy atom. The molecule has 1 saturated heterocycles. The van der Waals surface area contributed by atoms with E-state index in [2.05, 4.69) is 34.1 Å². The SMILES string of the molecule is Fc1ccc(C2=C(c3ccncc3)CC(c3ccc(N4CCCC4)cc3)=N2)cc1. The summed E-state index contributed by atoms with van der Waals surface area (Å²) in [5.74, 6) is -0.237. The Kier molecular flexibility index (Phi) is 4.68. The molecule has 4 heteroatoms. The number of nitrogens with zero attached hydrogens (tertiary/aromatic N) is 3. The molecule has 0 saturated carbocycles. The van der Waals surface area contributed by atoms with Crippen molar-refractivity contribution in [3.05, 3.63) is 95.6 Å². The van der Waals surface area contributed by atoms with E-state index in [0.29, 0.717) is 0 Å². The molecule has 2 aromatic carbocycles. The largest absolute Gasteiger partial charge is 0.372 e. The summed E-state index contributed by atoms with van der Waals surface area (Å²) >= 11 is 0. The summed E-state index contributed by atoms with van der Waals surface area (Å²) in [5, 5.41) is 0. The first kappa shape index (κ1) is 17.8. The number of rotatable bonds is 4. The summed E-state index contributed by atoms with van der Waals surface area (Å²) in [5.41, 5.74) is 7.56. The molecule has 0 aliphatic carbocycles. The molecule has 144 valence electrons. The molecule has 5 rings (SSSR count). The number of halogens is 1. The lowest BCUT2D eigenvalue weighted by atomic mass is 9.96. The summed E-state index contributed by atoms with van der Waals surface area (Å²) in [6.07, 6.45) is 6.89. The standard InChI is InChI=1S/C25H22FN3/c26-21-7-3-20(4-8-21)25-23(18-11-13-27-14-12-18)17-24(28-25)19-5-9-22(10-6-19)29-15-1-2-16-29/h3-14H,1-2,15-17H2. The van der Waals surface area contributed by atoms with E-state index in [1.54, 1.807) is 24.5 Å². The van der Waals surface area contributed by atoms with Crippen LogP contribution in [0.5, 0.6) is 0 Å². The average molecular weight is 383 g/mol. The fourth-order valence-corrected chi connectivity index (χ4v) is 4.14. The lowest BCUT2D eigenvalue weighted by Gasteiger charge is -2.17. The maximum atomic E-state index is 13.4. The summed E-state index contributed by atoms with van der Waals surface area (Å²) < 4.78 is 13.4. The third-order valence-electron chi connectivity index (χ3n) is 5.70. The molecule has 3 aromatic rings. The van der Waals surface area contributed by atoms with E-state index in [1.807, 2.05) is 12.1 Å². The minimum atomic E-state index is -0.237. The van der Waals surface area contributed by atoms with E-state index in [4.69, 9.17) is 4.99 Å². The van der Waals surface area contributed by atoms with Crippen molar-refractivity contribution in [2.75, 3.05) is 18.0 Å². The van der Waals surface area contributed by atoms with Gasteiger partial charge < -0.3 is 4.90 Å². The second-order valence-electron chi connectivity index (χ2n) is 7.55. The molecule has 0 radical (unpaired) electrons. The van der Waals surface area contributed by atoms with Crippen molar-refractivity contribution in [1.29, 1.82) is 0 Å². The van der Waals surface area contributed by atoms with Crippen LogP contribution in [0.25, 0.3) is 11.3 Å². The lowest BCUT2D eigenvalue weighted by molar-refractivity contribution is 0.627. The van der Waals surface area contributed by atoms with Gasteiger partial charge in [0.1, 0.15) is 5.82 Å². The van der Waals surface area contributed by atoms with Gasteiger partial charge in [-0.1, -0.05) is 12.1 Å². The Morgan fingerprint density at radius 1 is 0.724 bits per heavy atom. The van der Waals surface area contributed by atoms with Crippen LogP contribution in [-0.4, -0.2) is 23.8 Å². The van der Waals surface area contributed by atoms with Crippen LogP contribution in [0.1, 0.15) is 36.0 Å². The number of aromatic nitrogens is 1. The fraction of sp³-hybridized carbons (Fsp3) is 0.200. The molecule has 0 N–H and O–H groups in total. The Balaban J connectivity index is 1.49. The Labute approximate surface area is 170 Å². The topological polar surface area (TPSA) is 28.5 Å². The first-order valence-corrected chi connectivity index (χ1v) is 10.1. The molecule has 0 bridgehead atoms. The summed E-state index contributed by atoms with van der Waals surface area (Å²) in [7, 11) is 0. The zero-order valence-electron chi connectivity index (χ0n) is 16.2. The highest BCUT2D eigenvalue weighted by molar-refractivity contribution is 6.16. The van der Waals surface area contributed by atoms with Gasteiger partial charge in [0.15, 0.2) is 0 Å². The Hall–Kier alpha value is -3.27. The molecule has 0 atom stereocenters. The van der Waals surface area contributed by atoms with Gasteiger partial charge in [-0.2, -0.15) is 0 Å². The number of anilines is 1. The molecule has 2 aliphatic heterocycles. The minimum absolute atomic E-state index is 0.237. The molecule has 3 heterocycles. The van der Waals surface area contributed by atoms with Crippen molar-refractivity contribution in [2.45, 2.75) is 19.3 Å². The van der Waals surface area contributed by atoms with Crippen LogP contribution in [0.2, 0.25) is 0 Å². The van der Waals surface area contributed by atoms with Crippen LogP contribution < -0.4 is 4.90 Å². The highest BCUT2D eigenvalue weighted by Gasteiger charge is 2.22. The second kappa shape index (κ2) is 7.63. The van der Waals surface area contributed by atoms with Crippen LogP contribution in [0.15, 0.2) is 78.0 Å². The molecule has 0 unspecified atom stereocenters. The Morgan fingerprint density at radius 2 is 1.38 bits per heavy atom. The van der Waals surface area contributed by atoms with E-state index in [9.17, 15) is 4.39 Å². The van der Waals surface area contributed by atoms with Crippen LogP contribution in [0.4, 0.5) is 10.1 Å².